The highest BCUT2D eigenvalue weighted by Crippen LogP contribution is 2.05. The average molecular weight is 171 g/mol. The van der Waals surface area contributed by atoms with E-state index in [1.807, 2.05) is 0 Å². The topological polar surface area (TPSA) is 35.2 Å². The molecule has 0 amide bonds. The van der Waals surface area contributed by atoms with Gasteiger partial charge < -0.3 is 10.5 Å². The molecule has 0 heterocycles. The van der Waals surface area contributed by atoms with Gasteiger partial charge >= 0.3 is 0 Å². The highest BCUT2D eigenvalue weighted by atomic mass is 16.5. The molecule has 1 atom stereocenters. The second-order valence-corrected chi connectivity index (χ2v) is 3.14. The van der Waals surface area contributed by atoms with Gasteiger partial charge in [-0.2, -0.15) is 0 Å². The van der Waals surface area contributed by atoms with Gasteiger partial charge in [-0.25, -0.2) is 0 Å². The third kappa shape index (κ3) is 6.38. The summed E-state index contributed by atoms with van der Waals surface area (Å²) in [5.74, 6) is 0. The van der Waals surface area contributed by atoms with Crippen LogP contribution in [0.1, 0.15) is 33.1 Å². The summed E-state index contributed by atoms with van der Waals surface area (Å²) in [5.41, 5.74) is 7.02. The summed E-state index contributed by atoms with van der Waals surface area (Å²) in [5, 5.41) is 0. The zero-order chi connectivity index (χ0) is 9.40. The molecule has 1 unspecified atom stereocenters. The van der Waals surface area contributed by atoms with E-state index in [-0.39, 0.29) is 6.04 Å². The lowest BCUT2D eigenvalue weighted by molar-refractivity contribution is 0.121. The van der Waals surface area contributed by atoms with Crippen LogP contribution < -0.4 is 5.73 Å². The molecule has 0 aromatic carbocycles. The van der Waals surface area contributed by atoms with Crippen LogP contribution in [0.3, 0.4) is 0 Å². The molecule has 0 aliphatic carbocycles. The second kappa shape index (κ2) is 7.32. The van der Waals surface area contributed by atoms with Crippen molar-refractivity contribution in [3.63, 3.8) is 0 Å². The van der Waals surface area contributed by atoms with Crippen LogP contribution in [0.5, 0.6) is 0 Å². The second-order valence-electron chi connectivity index (χ2n) is 3.14. The minimum absolute atomic E-state index is 0.129. The van der Waals surface area contributed by atoms with Gasteiger partial charge in [0.1, 0.15) is 0 Å². The minimum Gasteiger partial charge on any atom is -0.380 e. The molecule has 0 radical (unpaired) electrons. The van der Waals surface area contributed by atoms with Crippen LogP contribution in [0, 0.1) is 0 Å². The van der Waals surface area contributed by atoms with Crippen LogP contribution >= 0.6 is 0 Å². The fraction of sp³-hybridized carbons (Fsp3) is 0.800. The van der Waals surface area contributed by atoms with E-state index in [4.69, 9.17) is 10.5 Å². The van der Waals surface area contributed by atoms with Crippen molar-refractivity contribution in [3.05, 3.63) is 12.2 Å². The molecule has 0 saturated carbocycles. The molecule has 0 aromatic rings. The fourth-order valence-corrected chi connectivity index (χ4v) is 0.953. The minimum atomic E-state index is 0.129. The number of ether oxygens (including phenoxy) is 1. The molecule has 2 nitrogen and oxygen atoms in total. The summed E-state index contributed by atoms with van der Waals surface area (Å²) >= 11 is 0. The summed E-state index contributed by atoms with van der Waals surface area (Å²) in [6.07, 6.45) is 2.96. The predicted molar refractivity (Wildman–Crippen MR) is 53.1 cm³/mol. The Kier molecular flexibility index (Phi) is 7.11. The zero-order valence-corrected chi connectivity index (χ0v) is 8.31. The van der Waals surface area contributed by atoms with E-state index in [1.165, 1.54) is 5.57 Å². The Bertz CT molecular complexity index is 123. The Morgan fingerprint density at radius 1 is 1.50 bits per heavy atom. The quantitative estimate of drug-likeness (QED) is 0.470. The van der Waals surface area contributed by atoms with Gasteiger partial charge in [-0.05, 0) is 19.3 Å². The Labute approximate surface area is 75.8 Å². The highest BCUT2D eigenvalue weighted by molar-refractivity contribution is 4.95. The Hall–Kier alpha value is -0.340. The van der Waals surface area contributed by atoms with Crippen molar-refractivity contribution in [1.29, 1.82) is 0 Å². The van der Waals surface area contributed by atoms with E-state index in [0.29, 0.717) is 6.61 Å². The molecule has 2 heteroatoms. The highest BCUT2D eigenvalue weighted by Gasteiger charge is 2.03. The summed E-state index contributed by atoms with van der Waals surface area (Å²) in [7, 11) is 0. The van der Waals surface area contributed by atoms with E-state index in [0.717, 1.165) is 25.9 Å². The molecule has 2 N–H and O–H groups in total. The number of hydrogen-bond acceptors (Lipinski definition) is 2. The first-order chi connectivity index (χ1) is 5.70. The van der Waals surface area contributed by atoms with Crippen molar-refractivity contribution in [1.82, 2.24) is 0 Å². The molecule has 72 valence electrons. The van der Waals surface area contributed by atoms with E-state index in [2.05, 4.69) is 20.4 Å². The van der Waals surface area contributed by atoms with Crippen molar-refractivity contribution in [2.24, 2.45) is 5.73 Å². The molecule has 0 aliphatic heterocycles. The standard InChI is InChI=1S/C10H21NO/c1-4-6-12-8-10(11)7-9(3)5-2/h10H,3-8,11H2,1-2H3. The summed E-state index contributed by atoms with van der Waals surface area (Å²) in [6.45, 7) is 9.57. The van der Waals surface area contributed by atoms with Crippen LogP contribution in [-0.2, 0) is 4.74 Å². The van der Waals surface area contributed by atoms with Crippen molar-refractivity contribution in [2.75, 3.05) is 13.2 Å². The van der Waals surface area contributed by atoms with Crippen molar-refractivity contribution in [3.8, 4) is 0 Å². The van der Waals surface area contributed by atoms with E-state index < -0.39 is 0 Å². The molecule has 0 bridgehead atoms. The largest absolute Gasteiger partial charge is 0.380 e. The van der Waals surface area contributed by atoms with Crippen molar-refractivity contribution >= 4 is 0 Å². The van der Waals surface area contributed by atoms with Gasteiger partial charge in [-0.15, -0.1) is 0 Å². The van der Waals surface area contributed by atoms with Gasteiger partial charge in [-0.3, -0.25) is 0 Å². The maximum Gasteiger partial charge on any atom is 0.0620 e. The Morgan fingerprint density at radius 3 is 2.67 bits per heavy atom. The van der Waals surface area contributed by atoms with E-state index in [1.54, 1.807) is 0 Å². The Morgan fingerprint density at radius 2 is 2.17 bits per heavy atom. The van der Waals surface area contributed by atoms with Gasteiger partial charge in [0.05, 0.1) is 6.61 Å². The van der Waals surface area contributed by atoms with Crippen LogP contribution in [0.25, 0.3) is 0 Å². The SMILES string of the molecule is C=C(CC)CC(N)COCCC. The fourth-order valence-electron chi connectivity index (χ4n) is 0.953. The number of hydrogen-bond donors (Lipinski definition) is 1. The van der Waals surface area contributed by atoms with Crippen molar-refractivity contribution < 1.29 is 4.74 Å². The molecule has 0 aliphatic rings. The first-order valence-electron chi connectivity index (χ1n) is 4.70. The lowest BCUT2D eigenvalue weighted by Crippen LogP contribution is -2.26. The first-order valence-corrected chi connectivity index (χ1v) is 4.70. The molecule has 12 heavy (non-hydrogen) atoms. The van der Waals surface area contributed by atoms with Gasteiger partial charge in [0.2, 0.25) is 0 Å². The molecule has 0 rings (SSSR count). The molecule has 0 fully saturated rings. The lowest BCUT2D eigenvalue weighted by atomic mass is 10.1. The molecule has 0 saturated heterocycles. The van der Waals surface area contributed by atoms with E-state index >= 15 is 0 Å². The third-order valence-electron chi connectivity index (χ3n) is 1.73. The van der Waals surface area contributed by atoms with Gasteiger partial charge in [0.15, 0.2) is 0 Å². The maximum absolute atomic E-state index is 5.81. The normalized spacial score (nSPS) is 12.9. The van der Waals surface area contributed by atoms with Crippen LogP contribution in [0.2, 0.25) is 0 Å². The molecule has 0 aromatic heterocycles. The van der Waals surface area contributed by atoms with Crippen LogP contribution in [0.4, 0.5) is 0 Å². The average Bonchev–Trinajstić information content (AvgIpc) is 2.05. The van der Waals surface area contributed by atoms with Gasteiger partial charge in [0.25, 0.3) is 0 Å². The lowest BCUT2D eigenvalue weighted by Gasteiger charge is -2.12. The van der Waals surface area contributed by atoms with E-state index in [9.17, 15) is 0 Å². The number of rotatable bonds is 7. The van der Waals surface area contributed by atoms with Gasteiger partial charge in [0, 0.05) is 12.6 Å². The van der Waals surface area contributed by atoms with Crippen LogP contribution in [-0.4, -0.2) is 19.3 Å². The third-order valence-corrected chi connectivity index (χ3v) is 1.73. The molecular weight excluding hydrogens is 150 g/mol. The predicted octanol–water partition coefficient (Wildman–Crippen LogP) is 2.10. The zero-order valence-electron chi connectivity index (χ0n) is 8.31. The summed E-state index contributed by atoms with van der Waals surface area (Å²) in [6, 6.07) is 0.129. The van der Waals surface area contributed by atoms with Gasteiger partial charge in [-0.1, -0.05) is 26.0 Å². The van der Waals surface area contributed by atoms with Crippen LogP contribution in [0.15, 0.2) is 12.2 Å². The summed E-state index contributed by atoms with van der Waals surface area (Å²) in [4.78, 5) is 0. The molecular formula is C10H21NO. The molecule has 0 spiro atoms. The first kappa shape index (κ1) is 11.7. The monoisotopic (exact) mass is 171 g/mol. The smallest absolute Gasteiger partial charge is 0.0620 e. The number of nitrogens with two attached hydrogens (primary N) is 1. The Balaban J connectivity index is 3.32. The summed E-state index contributed by atoms with van der Waals surface area (Å²) < 4.78 is 5.32. The maximum atomic E-state index is 5.81. The van der Waals surface area contributed by atoms with Crippen molar-refractivity contribution in [2.45, 2.75) is 39.2 Å².